The third kappa shape index (κ3) is 3.39. The van der Waals surface area contributed by atoms with Crippen molar-refractivity contribution < 1.29 is 14.3 Å². The molecule has 0 bridgehead atoms. The summed E-state index contributed by atoms with van der Waals surface area (Å²) in [5.41, 5.74) is 0.819. The van der Waals surface area contributed by atoms with E-state index in [9.17, 15) is 9.59 Å². The van der Waals surface area contributed by atoms with E-state index >= 15 is 0 Å². The summed E-state index contributed by atoms with van der Waals surface area (Å²) in [6, 6.07) is 0. The van der Waals surface area contributed by atoms with E-state index in [0.717, 1.165) is 55.3 Å². The number of methoxy groups -OCH3 is 1. The lowest BCUT2D eigenvalue weighted by Crippen LogP contribution is -2.56. The van der Waals surface area contributed by atoms with Crippen LogP contribution in [0.15, 0.2) is 0 Å². The van der Waals surface area contributed by atoms with E-state index in [1.165, 1.54) is 39.2 Å². The molecule has 29 heavy (non-hydrogen) atoms. The molecule has 0 spiro atoms. The third-order valence-electron chi connectivity index (χ3n) is 10.6. The Morgan fingerprint density at radius 1 is 1.14 bits per heavy atom. The van der Waals surface area contributed by atoms with Crippen LogP contribution < -0.4 is 0 Å². The van der Waals surface area contributed by atoms with E-state index < -0.39 is 0 Å². The van der Waals surface area contributed by atoms with Gasteiger partial charge in [0.1, 0.15) is 5.78 Å². The Balaban J connectivity index is 1.53. The van der Waals surface area contributed by atoms with Gasteiger partial charge in [-0.3, -0.25) is 9.59 Å². The molecule has 0 aliphatic heterocycles. The minimum Gasteiger partial charge on any atom is -0.469 e. The summed E-state index contributed by atoms with van der Waals surface area (Å²) < 4.78 is 4.89. The number of fused-ring (bicyclic) bond motifs is 5. The molecule has 0 saturated heterocycles. The predicted octanol–water partition coefficient (Wildman–Crippen LogP) is 6.05. The summed E-state index contributed by atoms with van der Waals surface area (Å²) in [4.78, 5) is 23.8. The second kappa shape index (κ2) is 7.68. The third-order valence-corrected chi connectivity index (χ3v) is 10.6. The fraction of sp³-hybridized carbons (Fsp3) is 0.923. The number of carbonyl (C=O) groups excluding carboxylic acids is 2. The van der Waals surface area contributed by atoms with Crippen LogP contribution >= 0.6 is 0 Å². The Kier molecular flexibility index (Phi) is 5.66. The van der Waals surface area contributed by atoms with Gasteiger partial charge in [-0.25, -0.2) is 0 Å². The van der Waals surface area contributed by atoms with Gasteiger partial charge in [0.15, 0.2) is 0 Å². The zero-order chi connectivity index (χ0) is 21.0. The Hall–Kier alpha value is -0.860. The first-order chi connectivity index (χ1) is 13.7. The highest BCUT2D eigenvalue weighted by atomic mass is 16.5. The summed E-state index contributed by atoms with van der Waals surface area (Å²) >= 11 is 0. The highest BCUT2D eigenvalue weighted by Crippen LogP contribution is 2.69. The van der Waals surface area contributed by atoms with Gasteiger partial charge in [0.2, 0.25) is 0 Å². The first-order valence-corrected chi connectivity index (χ1v) is 12.3. The lowest BCUT2D eigenvalue weighted by Gasteiger charge is -2.62. The van der Waals surface area contributed by atoms with Crippen LogP contribution in [0.25, 0.3) is 0 Å². The summed E-state index contributed by atoms with van der Waals surface area (Å²) in [6.45, 7) is 10.0. The summed E-state index contributed by atoms with van der Waals surface area (Å²) in [5.74, 6) is 5.63. The average molecular weight is 403 g/mol. The Morgan fingerprint density at radius 3 is 2.59 bits per heavy atom. The number of ketones is 1. The SMILES string of the molecule is COC(=O)CC[C@@H](C)[C@H]1CCC2C3C(CC[C@@]21C)[C@@]1(C)CCC(=O)C[C@H]1C[C@H]3C. The normalized spacial score (nSPS) is 47.7. The molecule has 3 nitrogen and oxygen atoms in total. The van der Waals surface area contributed by atoms with Crippen molar-refractivity contribution in [1.82, 2.24) is 0 Å². The molecule has 4 rings (SSSR count). The number of rotatable bonds is 4. The summed E-state index contributed by atoms with van der Waals surface area (Å²) in [7, 11) is 1.50. The molecule has 0 heterocycles. The maximum atomic E-state index is 12.2. The number of hydrogen-bond acceptors (Lipinski definition) is 3. The average Bonchev–Trinajstić information content (AvgIpc) is 3.04. The molecule has 0 aromatic rings. The standard InChI is InChI=1S/C26H42O3/c1-16(6-9-23(28)29-5)20-7-8-21-24-17(2)14-18-15-19(27)10-12-25(18,3)22(24)11-13-26(20,21)4/h16-18,20-22,24H,6-15H2,1-5H3/t16-,17-,18-,20-,21?,22?,24?,25+,26-/m1/s1. The zero-order valence-corrected chi connectivity index (χ0v) is 19.3. The van der Waals surface area contributed by atoms with Gasteiger partial charge in [0.25, 0.3) is 0 Å². The van der Waals surface area contributed by atoms with Crippen LogP contribution in [0.1, 0.15) is 91.9 Å². The Morgan fingerprint density at radius 2 is 1.86 bits per heavy atom. The molecule has 9 atom stereocenters. The summed E-state index contributed by atoms with van der Waals surface area (Å²) in [6.07, 6.45) is 11.0. The molecule has 0 aromatic carbocycles. The van der Waals surface area contributed by atoms with Gasteiger partial charge in [0, 0.05) is 19.3 Å². The lowest BCUT2D eigenvalue weighted by atomic mass is 9.42. The van der Waals surface area contributed by atoms with Gasteiger partial charge in [0.05, 0.1) is 7.11 Å². The van der Waals surface area contributed by atoms with Crippen LogP contribution in [0, 0.1) is 52.3 Å². The first kappa shape index (κ1) is 21.4. The second-order valence-electron chi connectivity index (χ2n) is 11.8. The molecule has 0 radical (unpaired) electrons. The fourth-order valence-electron chi connectivity index (χ4n) is 9.05. The molecule has 3 unspecified atom stereocenters. The monoisotopic (exact) mass is 402 g/mol. The van der Waals surface area contributed by atoms with Crippen molar-refractivity contribution in [2.75, 3.05) is 7.11 Å². The molecule has 0 aromatic heterocycles. The maximum absolute atomic E-state index is 12.2. The number of hydrogen-bond donors (Lipinski definition) is 0. The van der Waals surface area contributed by atoms with Crippen molar-refractivity contribution in [2.45, 2.75) is 91.9 Å². The van der Waals surface area contributed by atoms with E-state index in [-0.39, 0.29) is 5.97 Å². The maximum Gasteiger partial charge on any atom is 0.305 e. The Labute approximate surface area is 177 Å². The Bertz CT molecular complexity index is 656. The topological polar surface area (TPSA) is 43.4 Å². The molecule has 4 saturated carbocycles. The van der Waals surface area contributed by atoms with Crippen molar-refractivity contribution in [3.05, 3.63) is 0 Å². The van der Waals surface area contributed by atoms with Gasteiger partial charge in [-0.05, 0) is 97.2 Å². The number of carbonyl (C=O) groups is 2. The zero-order valence-electron chi connectivity index (χ0n) is 19.3. The van der Waals surface area contributed by atoms with Crippen LogP contribution in [0.2, 0.25) is 0 Å². The minimum atomic E-state index is -0.0630. The number of ether oxygens (including phenoxy) is 1. The van der Waals surface area contributed by atoms with Crippen molar-refractivity contribution in [1.29, 1.82) is 0 Å². The van der Waals surface area contributed by atoms with Crippen LogP contribution in [0.5, 0.6) is 0 Å². The molecular weight excluding hydrogens is 360 g/mol. The molecule has 164 valence electrons. The van der Waals surface area contributed by atoms with Gasteiger partial charge in [-0.2, -0.15) is 0 Å². The van der Waals surface area contributed by atoms with Gasteiger partial charge >= 0.3 is 5.97 Å². The lowest BCUT2D eigenvalue weighted by molar-refractivity contribution is -0.151. The van der Waals surface area contributed by atoms with E-state index in [2.05, 4.69) is 27.7 Å². The van der Waals surface area contributed by atoms with Gasteiger partial charge in [-0.1, -0.05) is 27.7 Å². The molecule has 3 heteroatoms. The smallest absolute Gasteiger partial charge is 0.305 e. The highest BCUT2D eigenvalue weighted by molar-refractivity contribution is 5.79. The molecule has 4 fully saturated rings. The van der Waals surface area contributed by atoms with Crippen LogP contribution in [-0.4, -0.2) is 18.9 Å². The van der Waals surface area contributed by atoms with Crippen molar-refractivity contribution in [3.63, 3.8) is 0 Å². The largest absolute Gasteiger partial charge is 0.469 e. The molecule has 0 N–H and O–H groups in total. The van der Waals surface area contributed by atoms with Crippen molar-refractivity contribution >= 4 is 11.8 Å². The quantitative estimate of drug-likeness (QED) is 0.538. The molecular formula is C26H42O3. The number of Topliss-reactive ketones (excluding diaryl/α,β-unsaturated/α-hetero) is 1. The first-order valence-electron chi connectivity index (χ1n) is 12.3. The van der Waals surface area contributed by atoms with Gasteiger partial charge < -0.3 is 4.74 Å². The van der Waals surface area contributed by atoms with Crippen LogP contribution in [0.3, 0.4) is 0 Å². The highest BCUT2D eigenvalue weighted by Gasteiger charge is 2.62. The van der Waals surface area contributed by atoms with E-state index in [1.54, 1.807) is 0 Å². The summed E-state index contributed by atoms with van der Waals surface area (Å²) in [5, 5.41) is 0. The van der Waals surface area contributed by atoms with E-state index in [1.807, 2.05) is 0 Å². The van der Waals surface area contributed by atoms with Gasteiger partial charge in [-0.15, -0.1) is 0 Å². The molecule has 4 aliphatic rings. The fourth-order valence-corrected chi connectivity index (χ4v) is 9.05. The van der Waals surface area contributed by atoms with Crippen LogP contribution in [-0.2, 0) is 14.3 Å². The van der Waals surface area contributed by atoms with Crippen LogP contribution in [0.4, 0.5) is 0 Å². The minimum absolute atomic E-state index is 0.0630. The second-order valence-corrected chi connectivity index (χ2v) is 11.8. The van der Waals surface area contributed by atoms with Crippen molar-refractivity contribution in [2.24, 2.45) is 52.3 Å². The van der Waals surface area contributed by atoms with E-state index in [4.69, 9.17) is 4.74 Å². The van der Waals surface area contributed by atoms with E-state index in [0.29, 0.717) is 34.9 Å². The molecule has 0 amide bonds. The van der Waals surface area contributed by atoms with Crippen molar-refractivity contribution in [3.8, 4) is 0 Å². The number of esters is 1. The predicted molar refractivity (Wildman–Crippen MR) is 115 cm³/mol. The molecule has 4 aliphatic carbocycles.